The summed E-state index contributed by atoms with van der Waals surface area (Å²) in [4.78, 5) is 14.6. The van der Waals surface area contributed by atoms with Crippen LogP contribution in [0.4, 0.5) is 0 Å². The van der Waals surface area contributed by atoms with E-state index in [9.17, 15) is 13.2 Å². The number of hydrogen-bond donors (Lipinski definition) is 0. The van der Waals surface area contributed by atoms with Gasteiger partial charge < -0.3 is 9.64 Å². The van der Waals surface area contributed by atoms with Gasteiger partial charge in [-0.1, -0.05) is 0 Å². The van der Waals surface area contributed by atoms with E-state index in [0.29, 0.717) is 23.9 Å². The lowest BCUT2D eigenvalue weighted by atomic mass is 10.1. The molecule has 2 rings (SSSR count). The first-order chi connectivity index (χ1) is 9.40. The summed E-state index contributed by atoms with van der Waals surface area (Å²) >= 11 is 1.05. The predicted octanol–water partition coefficient (Wildman–Crippen LogP) is 1.71. The molecule has 0 radical (unpaired) electrons. The van der Waals surface area contributed by atoms with E-state index in [-0.39, 0.29) is 16.5 Å². The van der Waals surface area contributed by atoms with Gasteiger partial charge in [-0.2, -0.15) is 0 Å². The lowest BCUT2D eigenvalue weighted by molar-refractivity contribution is -0.129. The molecule has 8 heteroatoms. The first kappa shape index (κ1) is 15.8. The molecule has 0 N–H and O–H groups in total. The van der Waals surface area contributed by atoms with E-state index in [1.165, 1.54) is 6.07 Å². The second kappa shape index (κ2) is 6.43. The Kier molecular flexibility index (Phi) is 5.06. The first-order valence-corrected chi connectivity index (χ1v) is 9.33. The maximum absolute atomic E-state index is 12.1. The third-order valence-electron chi connectivity index (χ3n) is 3.24. The van der Waals surface area contributed by atoms with Crippen LogP contribution in [0.3, 0.4) is 0 Å². The lowest BCUT2D eigenvalue weighted by Crippen LogP contribution is -2.30. The molecule has 1 aromatic heterocycles. The van der Waals surface area contributed by atoms with Crippen molar-refractivity contribution in [1.82, 2.24) is 4.90 Å². The standard InChI is InChI=1S/C12H16ClNO4S2/c1-18-8-9-4-5-14(7-9)11(15)6-10-2-3-12(19-10)20(13,16)17/h2-3,9H,4-8H2,1H3. The molecule has 1 aliphatic rings. The second-order valence-electron chi connectivity index (χ2n) is 4.79. The van der Waals surface area contributed by atoms with Crippen molar-refractivity contribution in [3.63, 3.8) is 0 Å². The summed E-state index contributed by atoms with van der Waals surface area (Å²) in [6.07, 6.45) is 1.17. The molecule has 1 atom stereocenters. The van der Waals surface area contributed by atoms with Crippen LogP contribution in [0.5, 0.6) is 0 Å². The molecule has 0 aromatic carbocycles. The van der Waals surface area contributed by atoms with Gasteiger partial charge in [-0.15, -0.1) is 11.3 Å². The molecule has 0 saturated carbocycles. The smallest absolute Gasteiger partial charge is 0.270 e. The zero-order chi connectivity index (χ0) is 14.8. The average molecular weight is 338 g/mol. The number of likely N-dealkylation sites (tertiary alicyclic amines) is 1. The monoisotopic (exact) mass is 337 g/mol. The summed E-state index contributed by atoms with van der Waals surface area (Å²) in [5.74, 6) is 0.412. The minimum absolute atomic E-state index is 0.0176. The predicted molar refractivity (Wildman–Crippen MR) is 77.6 cm³/mol. The van der Waals surface area contributed by atoms with Crippen LogP contribution < -0.4 is 0 Å². The fourth-order valence-electron chi connectivity index (χ4n) is 2.28. The van der Waals surface area contributed by atoms with Gasteiger partial charge in [0.15, 0.2) is 0 Å². The lowest BCUT2D eigenvalue weighted by Gasteiger charge is -2.15. The molecule has 1 aromatic rings. The van der Waals surface area contributed by atoms with Crippen LogP contribution >= 0.6 is 22.0 Å². The van der Waals surface area contributed by atoms with Crippen molar-refractivity contribution in [1.29, 1.82) is 0 Å². The Morgan fingerprint density at radius 2 is 2.30 bits per heavy atom. The van der Waals surface area contributed by atoms with Crippen molar-refractivity contribution in [3.05, 3.63) is 17.0 Å². The molecule has 0 spiro atoms. The van der Waals surface area contributed by atoms with Crippen molar-refractivity contribution in [2.75, 3.05) is 26.8 Å². The zero-order valence-electron chi connectivity index (χ0n) is 11.0. The van der Waals surface area contributed by atoms with Gasteiger partial charge in [0, 0.05) is 41.7 Å². The van der Waals surface area contributed by atoms with E-state index in [4.69, 9.17) is 15.4 Å². The minimum Gasteiger partial charge on any atom is -0.384 e. The van der Waals surface area contributed by atoms with E-state index in [0.717, 1.165) is 24.3 Å². The third kappa shape index (κ3) is 3.94. The summed E-state index contributed by atoms with van der Waals surface area (Å²) in [7, 11) is 3.22. The highest BCUT2D eigenvalue weighted by molar-refractivity contribution is 8.15. The quantitative estimate of drug-likeness (QED) is 0.767. The molecular weight excluding hydrogens is 322 g/mol. The van der Waals surface area contributed by atoms with Gasteiger partial charge in [-0.05, 0) is 18.6 Å². The molecule has 2 heterocycles. The van der Waals surface area contributed by atoms with Crippen LogP contribution in [-0.2, 0) is 25.0 Å². The summed E-state index contributed by atoms with van der Waals surface area (Å²) in [5, 5.41) is 0. The van der Waals surface area contributed by atoms with Crippen LogP contribution in [-0.4, -0.2) is 46.0 Å². The highest BCUT2D eigenvalue weighted by atomic mass is 35.7. The van der Waals surface area contributed by atoms with Gasteiger partial charge in [0.25, 0.3) is 9.05 Å². The molecule has 1 saturated heterocycles. The second-order valence-corrected chi connectivity index (χ2v) is 8.75. The van der Waals surface area contributed by atoms with E-state index in [2.05, 4.69) is 0 Å². The van der Waals surface area contributed by atoms with Crippen molar-refractivity contribution in [2.45, 2.75) is 17.1 Å². The van der Waals surface area contributed by atoms with E-state index in [1.54, 1.807) is 18.1 Å². The molecule has 5 nitrogen and oxygen atoms in total. The highest BCUT2D eigenvalue weighted by Crippen LogP contribution is 2.26. The molecule has 20 heavy (non-hydrogen) atoms. The number of methoxy groups -OCH3 is 1. The number of ether oxygens (including phenoxy) is 1. The number of carbonyl (C=O) groups excluding carboxylic acids is 1. The van der Waals surface area contributed by atoms with Crippen molar-refractivity contribution < 1.29 is 17.9 Å². The van der Waals surface area contributed by atoms with Gasteiger partial charge in [-0.25, -0.2) is 8.42 Å². The van der Waals surface area contributed by atoms with E-state index >= 15 is 0 Å². The molecule has 1 unspecified atom stereocenters. The Hall–Kier alpha value is -0.630. The summed E-state index contributed by atoms with van der Waals surface area (Å²) in [6.45, 7) is 2.11. The minimum atomic E-state index is -3.70. The molecule has 0 aliphatic carbocycles. The maximum Gasteiger partial charge on any atom is 0.270 e. The molecule has 0 bridgehead atoms. The normalized spacial score (nSPS) is 19.5. The van der Waals surface area contributed by atoms with E-state index < -0.39 is 9.05 Å². The van der Waals surface area contributed by atoms with Crippen LogP contribution in [0, 0.1) is 5.92 Å². The van der Waals surface area contributed by atoms with Gasteiger partial charge in [-0.3, -0.25) is 4.79 Å². The Balaban J connectivity index is 1.94. The topological polar surface area (TPSA) is 63.7 Å². The number of hydrogen-bond acceptors (Lipinski definition) is 5. The number of thiophene rings is 1. The Bertz CT molecular complexity index is 584. The number of halogens is 1. The molecule has 1 amide bonds. The molecule has 1 aliphatic heterocycles. The highest BCUT2D eigenvalue weighted by Gasteiger charge is 2.26. The summed E-state index contributed by atoms with van der Waals surface area (Å²) in [5.41, 5.74) is 0. The average Bonchev–Trinajstić information content (AvgIpc) is 2.97. The summed E-state index contributed by atoms with van der Waals surface area (Å²) < 4.78 is 27.5. The van der Waals surface area contributed by atoms with Gasteiger partial charge in [0.2, 0.25) is 5.91 Å². The van der Waals surface area contributed by atoms with Gasteiger partial charge in [0.1, 0.15) is 4.21 Å². The van der Waals surface area contributed by atoms with Gasteiger partial charge >= 0.3 is 0 Å². The van der Waals surface area contributed by atoms with Crippen molar-refractivity contribution in [2.24, 2.45) is 5.92 Å². The Morgan fingerprint density at radius 3 is 2.90 bits per heavy atom. The Labute approximate surface area is 126 Å². The number of carbonyl (C=O) groups is 1. The maximum atomic E-state index is 12.1. The van der Waals surface area contributed by atoms with Crippen LogP contribution in [0.25, 0.3) is 0 Å². The van der Waals surface area contributed by atoms with Crippen LogP contribution in [0.2, 0.25) is 0 Å². The van der Waals surface area contributed by atoms with Crippen LogP contribution in [0.1, 0.15) is 11.3 Å². The largest absolute Gasteiger partial charge is 0.384 e. The van der Waals surface area contributed by atoms with Crippen molar-refractivity contribution in [3.8, 4) is 0 Å². The molecule has 112 valence electrons. The third-order valence-corrected chi connectivity index (χ3v) is 6.42. The number of amides is 1. The summed E-state index contributed by atoms with van der Waals surface area (Å²) in [6, 6.07) is 3.08. The SMILES string of the molecule is COCC1CCN(C(=O)Cc2ccc(S(=O)(=O)Cl)s2)C1. The van der Waals surface area contributed by atoms with Crippen molar-refractivity contribution >= 4 is 37.0 Å². The Morgan fingerprint density at radius 1 is 1.55 bits per heavy atom. The molecule has 1 fully saturated rings. The van der Waals surface area contributed by atoms with E-state index in [1.807, 2.05) is 0 Å². The van der Waals surface area contributed by atoms with Gasteiger partial charge in [0.05, 0.1) is 13.0 Å². The molecular formula is C12H16ClNO4S2. The fourth-order valence-corrected chi connectivity index (χ4v) is 4.39. The van der Waals surface area contributed by atoms with Crippen LogP contribution in [0.15, 0.2) is 16.3 Å². The zero-order valence-corrected chi connectivity index (χ0v) is 13.4. The fraction of sp³-hybridized carbons (Fsp3) is 0.583. The first-order valence-electron chi connectivity index (χ1n) is 6.20. The number of rotatable bonds is 5. The number of nitrogens with zero attached hydrogens (tertiary/aromatic N) is 1.